The van der Waals surface area contributed by atoms with Crippen LogP contribution < -0.4 is 5.32 Å². The van der Waals surface area contributed by atoms with Crippen LogP contribution >= 0.6 is 0 Å². The molecule has 30 heavy (non-hydrogen) atoms. The Morgan fingerprint density at radius 1 is 1.23 bits per heavy atom. The van der Waals surface area contributed by atoms with Gasteiger partial charge >= 0.3 is 5.97 Å². The van der Waals surface area contributed by atoms with Crippen LogP contribution in [-0.2, 0) is 16.1 Å². The minimum absolute atomic E-state index is 0.306. The van der Waals surface area contributed by atoms with Gasteiger partial charge in [0.2, 0.25) is 5.91 Å². The zero-order valence-corrected chi connectivity index (χ0v) is 17.8. The molecule has 5 heteroatoms. The quantitative estimate of drug-likeness (QED) is 0.406. The fourth-order valence-electron chi connectivity index (χ4n) is 6.31. The summed E-state index contributed by atoms with van der Waals surface area (Å²) in [7, 11) is 1.40. The number of benzene rings is 1. The first kappa shape index (κ1) is 19.8. The van der Waals surface area contributed by atoms with Crippen LogP contribution in [0.25, 0.3) is 0 Å². The van der Waals surface area contributed by atoms with E-state index in [1.807, 2.05) is 12.1 Å². The highest BCUT2D eigenvalue weighted by Crippen LogP contribution is 2.70. The van der Waals surface area contributed by atoms with Crippen LogP contribution in [0.2, 0.25) is 0 Å². The predicted molar refractivity (Wildman–Crippen MR) is 115 cm³/mol. The number of carbonyl (C=O) groups excluding carboxylic acids is 2. The molecule has 2 bridgehead atoms. The number of nitrogens with one attached hydrogen (secondary N) is 1. The molecule has 5 rings (SSSR count). The van der Waals surface area contributed by atoms with Crippen LogP contribution in [-0.4, -0.2) is 43.0 Å². The van der Waals surface area contributed by atoms with Gasteiger partial charge in [0.25, 0.3) is 0 Å². The summed E-state index contributed by atoms with van der Waals surface area (Å²) < 4.78 is 4.74. The van der Waals surface area contributed by atoms with E-state index in [9.17, 15) is 9.59 Å². The van der Waals surface area contributed by atoms with Gasteiger partial charge in [-0.2, -0.15) is 0 Å². The van der Waals surface area contributed by atoms with Gasteiger partial charge in [0.05, 0.1) is 12.7 Å². The number of esters is 1. The van der Waals surface area contributed by atoms with Gasteiger partial charge in [-0.1, -0.05) is 24.3 Å². The van der Waals surface area contributed by atoms with Crippen LogP contribution in [0.3, 0.4) is 0 Å². The molecule has 1 amide bonds. The number of hydrogen-bond donors (Lipinski definition) is 1. The third-order valence-corrected chi connectivity index (χ3v) is 8.09. The molecule has 3 fully saturated rings. The Hall–Kier alpha value is -2.14. The number of carbonyl (C=O) groups is 2. The van der Waals surface area contributed by atoms with Gasteiger partial charge < -0.3 is 15.0 Å². The number of amides is 1. The van der Waals surface area contributed by atoms with Crippen molar-refractivity contribution in [1.82, 2.24) is 10.2 Å². The zero-order chi connectivity index (χ0) is 20.7. The second-order valence-electron chi connectivity index (χ2n) is 9.64. The maximum atomic E-state index is 12.6. The number of ether oxygens (including phenoxy) is 1. The van der Waals surface area contributed by atoms with E-state index in [-0.39, 0.29) is 5.97 Å². The summed E-state index contributed by atoms with van der Waals surface area (Å²) in [5, 5.41) is 3.51. The normalized spacial score (nSPS) is 30.4. The fourth-order valence-corrected chi connectivity index (χ4v) is 6.31. The average molecular weight is 409 g/mol. The number of hydrogen-bond acceptors (Lipinski definition) is 4. The van der Waals surface area contributed by atoms with E-state index in [1.54, 1.807) is 12.1 Å². The van der Waals surface area contributed by atoms with Gasteiger partial charge in [-0.05, 0) is 79.5 Å². The summed E-state index contributed by atoms with van der Waals surface area (Å²) in [6, 6.07) is 7.90. The summed E-state index contributed by atoms with van der Waals surface area (Å²) in [5.74, 6) is 2.24. The van der Waals surface area contributed by atoms with Crippen molar-refractivity contribution in [1.29, 1.82) is 0 Å². The molecule has 1 aromatic carbocycles. The summed E-state index contributed by atoms with van der Waals surface area (Å²) in [5.41, 5.74) is 2.32. The van der Waals surface area contributed by atoms with Gasteiger partial charge in [-0.25, -0.2) is 4.79 Å². The van der Waals surface area contributed by atoms with Crippen molar-refractivity contribution in [2.45, 2.75) is 51.1 Å². The summed E-state index contributed by atoms with van der Waals surface area (Å²) >= 11 is 0. The van der Waals surface area contributed by atoms with Crippen molar-refractivity contribution < 1.29 is 14.3 Å². The highest BCUT2D eigenvalue weighted by molar-refractivity contribution is 5.89. The first-order valence-electron chi connectivity index (χ1n) is 11.5. The van der Waals surface area contributed by atoms with Gasteiger partial charge in [-0.15, -0.1) is 0 Å². The fraction of sp³-hybridized carbons (Fsp3) is 0.600. The molecular weight excluding hydrogens is 376 g/mol. The molecule has 0 unspecified atom stereocenters. The minimum Gasteiger partial charge on any atom is -0.465 e. The van der Waals surface area contributed by atoms with E-state index >= 15 is 0 Å². The molecule has 1 saturated heterocycles. The number of allylic oxidation sites excluding steroid dienone is 2. The van der Waals surface area contributed by atoms with Crippen molar-refractivity contribution >= 4 is 11.9 Å². The Morgan fingerprint density at radius 2 is 2.03 bits per heavy atom. The van der Waals surface area contributed by atoms with Crippen molar-refractivity contribution in [3.8, 4) is 0 Å². The predicted octanol–water partition coefficient (Wildman–Crippen LogP) is 3.55. The number of nitrogens with zero attached hydrogens (tertiary/aromatic N) is 1. The van der Waals surface area contributed by atoms with E-state index in [0.29, 0.717) is 35.3 Å². The maximum absolute atomic E-state index is 12.6. The van der Waals surface area contributed by atoms with Crippen LogP contribution in [0.5, 0.6) is 0 Å². The van der Waals surface area contributed by atoms with E-state index in [4.69, 9.17) is 4.74 Å². The number of rotatable bonds is 8. The van der Waals surface area contributed by atoms with E-state index in [2.05, 4.69) is 22.4 Å². The molecule has 1 aromatic rings. The molecule has 1 heterocycles. The first-order valence-corrected chi connectivity index (χ1v) is 11.5. The van der Waals surface area contributed by atoms with Gasteiger partial charge in [0, 0.05) is 25.6 Å². The Morgan fingerprint density at radius 3 is 2.73 bits per heavy atom. The third-order valence-electron chi connectivity index (χ3n) is 8.09. The van der Waals surface area contributed by atoms with Crippen LogP contribution in [0.15, 0.2) is 36.4 Å². The van der Waals surface area contributed by atoms with Crippen molar-refractivity contribution in [2.75, 3.05) is 20.2 Å². The van der Waals surface area contributed by atoms with Gasteiger partial charge in [0.15, 0.2) is 0 Å². The minimum atomic E-state index is -0.306. The molecule has 5 nitrogen and oxygen atoms in total. The molecule has 1 aliphatic heterocycles. The lowest BCUT2D eigenvalue weighted by Gasteiger charge is -2.30. The number of methoxy groups -OCH3 is 1. The van der Waals surface area contributed by atoms with Crippen molar-refractivity contribution in [3.63, 3.8) is 0 Å². The van der Waals surface area contributed by atoms with Crippen molar-refractivity contribution in [3.05, 3.63) is 47.5 Å². The highest BCUT2D eigenvalue weighted by atomic mass is 16.5. The largest absolute Gasteiger partial charge is 0.465 e. The molecule has 4 aliphatic rings. The Kier molecular flexibility index (Phi) is 5.18. The summed E-state index contributed by atoms with van der Waals surface area (Å²) in [6.45, 7) is 2.63. The Labute approximate surface area is 178 Å². The second-order valence-corrected chi connectivity index (χ2v) is 9.64. The van der Waals surface area contributed by atoms with Crippen LogP contribution in [0.1, 0.15) is 54.4 Å². The molecule has 160 valence electrons. The molecule has 0 radical (unpaired) electrons. The monoisotopic (exact) mass is 408 g/mol. The summed E-state index contributed by atoms with van der Waals surface area (Å²) in [4.78, 5) is 26.3. The lowest BCUT2D eigenvalue weighted by molar-refractivity contribution is -0.129. The molecule has 3 aliphatic carbocycles. The zero-order valence-electron chi connectivity index (χ0n) is 17.8. The van der Waals surface area contributed by atoms with Crippen LogP contribution in [0.4, 0.5) is 0 Å². The Balaban J connectivity index is 1.10. The lowest BCUT2D eigenvalue weighted by Crippen LogP contribution is -2.39. The lowest BCUT2D eigenvalue weighted by atomic mass is 9.88. The highest BCUT2D eigenvalue weighted by Gasteiger charge is 2.62. The SMILES string of the molecule is COC(=O)c1ccc(CNCC[C@@H]2CCC(=O)N2C[C@H]2C[C@H]3C=C[C@H]2C32CC2)cc1. The topological polar surface area (TPSA) is 58.6 Å². The first-order chi connectivity index (χ1) is 14.6. The van der Waals surface area contributed by atoms with Crippen molar-refractivity contribution in [2.24, 2.45) is 23.2 Å². The Bertz CT molecular complexity index is 842. The average Bonchev–Trinajstić information content (AvgIpc) is 3.32. The molecular formula is C25H32N2O3. The van der Waals surface area contributed by atoms with E-state index in [1.165, 1.54) is 26.4 Å². The summed E-state index contributed by atoms with van der Waals surface area (Å²) in [6.07, 6.45) is 11.7. The third kappa shape index (κ3) is 3.47. The molecule has 4 atom stereocenters. The molecule has 1 N–H and O–H groups in total. The molecule has 0 aromatic heterocycles. The maximum Gasteiger partial charge on any atom is 0.337 e. The van der Waals surface area contributed by atoms with Gasteiger partial charge in [0.1, 0.15) is 0 Å². The molecule has 2 saturated carbocycles. The smallest absolute Gasteiger partial charge is 0.337 e. The molecule has 1 spiro atoms. The van der Waals surface area contributed by atoms with E-state index in [0.717, 1.165) is 49.9 Å². The van der Waals surface area contributed by atoms with Gasteiger partial charge in [-0.3, -0.25) is 4.79 Å². The standard InChI is InChI=1S/C25H32N2O3/c1-30-24(29)18-4-2-17(3-5-18)15-26-13-10-21-7-9-23(28)27(21)16-19-14-20-6-8-22(19)25(20)11-12-25/h2-6,8,19-22,26H,7,9-16H2,1H3/t19-,20-,21+,22-/m1/s1. The van der Waals surface area contributed by atoms with E-state index < -0.39 is 0 Å². The second kappa shape index (κ2) is 7.84. The van der Waals surface area contributed by atoms with Crippen LogP contribution in [0, 0.1) is 23.2 Å². The number of likely N-dealkylation sites (tertiary alicyclic amines) is 1.